The van der Waals surface area contributed by atoms with Gasteiger partial charge in [-0.25, -0.2) is 4.39 Å². The maximum absolute atomic E-state index is 12.4. The molecule has 0 aliphatic heterocycles. The molecule has 1 atom stereocenters. The summed E-state index contributed by atoms with van der Waals surface area (Å²) in [6.07, 6.45) is 0. The predicted octanol–water partition coefficient (Wildman–Crippen LogP) is 1.89. The fraction of sp³-hybridized carbons (Fsp3) is 0.333. The van der Waals surface area contributed by atoms with Crippen molar-refractivity contribution in [2.45, 2.75) is 12.8 Å². The van der Waals surface area contributed by atoms with Crippen LogP contribution in [0.4, 0.5) is 4.39 Å². The Labute approximate surface area is 66.0 Å². The summed E-state index contributed by atoms with van der Waals surface area (Å²) in [5.41, 5.74) is 6.54. The number of benzene rings is 1. The largest absolute Gasteiger partial charge is 0.330 e. The van der Waals surface area contributed by atoms with E-state index >= 15 is 0 Å². The maximum atomic E-state index is 12.4. The van der Waals surface area contributed by atoms with Crippen molar-refractivity contribution in [3.05, 3.63) is 35.6 Å². The van der Waals surface area contributed by atoms with Gasteiger partial charge in [-0.15, -0.1) is 0 Å². The Morgan fingerprint density at radius 1 is 1.36 bits per heavy atom. The molecule has 0 fully saturated rings. The second kappa shape index (κ2) is 3.49. The topological polar surface area (TPSA) is 26.0 Å². The van der Waals surface area contributed by atoms with Crippen molar-refractivity contribution in [3.8, 4) is 0 Å². The fourth-order valence-corrected chi connectivity index (χ4v) is 0.927. The molecular weight excluding hydrogens is 141 g/mol. The Hall–Kier alpha value is -0.890. The molecule has 11 heavy (non-hydrogen) atoms. The van der Waals surface area contributed by atoms with Gasteiger partial charge in [-0.3, -0.25) is 0 Å². The second-order valence-electron chi connectivity index (χ2n) is 2.69. The molecule has 1 aromatic rings. The molecule has 0 aliphatic carbocycles. The summed E-state index contributed by atoms with van der Waals surface area (Å²) in [5, 5.41) is 0. The van der Waals surface area contributed by atoms with E-state index in [0.29, 0.717) is 12.5 Å². The summed E-state index contributed by atoms with van der Waals surface area (Å²) < 4.78 is 12.4. The third kappa shape index (κ3) is 2.02. The molecular formula is C9H12FN. The first-order valence-electron chi connectivity index (χ1n) is 3.69. The zero-order valence-electron chi connectivity index (χ0n) is 6.55. The summed E-state index contributed by atoms with van der Waals surface area (Å²) in [7, 11) is 0. The first-order chi connectivity index (χ1) is 5.24. The zero-order valence-corrected chi connectivity index (χ0v) is 6.55. The molecule has 0 unspecified atom stereocenters. The number of halogens is 1. The van der Waals surface area contributed by atoms with Crippen molar-refractivity contribution in [3.63, 3.8) is 0 Å². The monoisotopic (exact) mass is 153 g/mol. The van der Waals surface area contributed by atoms with Crippen LogP contribution in [0.2, 0.25) is 0 Å². The predicted molar refractivity (Wildman–Crippen MR) is 43.9 cm³/mol. The van der Waals surface area contributed by atoms with E-state index in [1.165, 1.54) is 12.1 Å². The van der Waals surface area contributed by atoms with Crippen LogP contribution in [0.5, 0.6) is 0 Å². The van der Waals surface area contributed by atoms with Gasteiger partial charge >= 0.3 is 0 Å². The van der Waals surface area contributed by atoms with Crippen LogP contribution >= 0.6 is 0 Å². The molecule has 0 radical (unpaired) electrons. The Morgan fingerprint density at radius 2 is 1.91 bits per heavy atom. The summed E-state index contributed by atoms with van der Waals surface area (Å²) >= 11 is 0. The van der Waals surface area contributed by atoms with Crippen LogP contribution in [0.1, 0.15) is 18.4 Å². The SMILES string of the molecule is C[C@H](CN)c1ccc(F)cc1. The normalized spacial score (nSPS) is 13.0. The minimum absolute atomic E-state index is 0.196. The summed E-state index contributed by atoms with van der Waals surface area (Å²) in [4.78, 5) is 0. The van der Waals surface area contributed by atoms with E-state index in [-0.39, 0.29) is 5.82 Å². The van der Waals surface area contributed by atoms with Crippen molar-refractivity contribution >= 4 is 0 Å². The fourth-order valence-electron chi connectivity index (χ4n) is 0.927. The lowest BCUT2D eigenvalue weighted by molar-refractivity contribution is 0.625. The highest BCUT2D eigenvalue weighted by Gasteiger charge is 2.01. The summed E-state index contributed by atoms with van der Waals surface area (Å²) in [5.74, 6) is 0.119. The molecule has 0 heterocycles. The average molecular weight is 153 g/mol. The number of hydrogen-bond donors (Lipinski definition) is 1. The molecule has 60 valence electrons. The van der Waals surface area contributed by atoms with Crippen LogP contribution in [0.3, 0.4) is 0 Å². The summed E-state index contributed by atoms with van der Waals surface area (Å²) in [6, 6.07) is 6.46. The van der Waals surface area contributed by atoms with Crippen molar-refractivity contribution in [2.24, 2.45) is 5.73 Å². The van der Waals surface area contributed by atoms with Crippen molar-refractivity contribution in [2.75, 3.05) is 6.54 Å². The third-order valence-electron chi connectivity index (χ3n) is 1.79. The molecule has 0 aromatic heterocycles. The minimum Gasteiger partial charge on any atom is -0.330 e. The zero-order chi connectivity index (χ0) is 8.27. The van der Waals surface area contributed by atoms with Gasteiger partial charge in [0.1, 0.15) is 5.82 Å². The molecule has 2 heteroatoms. The van der Waals surface area contributed by atoms with Crippen LogP contribution < -0.4 is 5.73 Å². The van der Waals surface area contributed by atoms with Gasteiger partial charge in [-0.05, 0) is 30.2 Å². The lowest BCUT2D eigenvalue weighted by Crippen LogP contribution is -2.08. The molecule has 1 nitrogen and oxygen atoms in total. The smallest absolute Gasteiger partial charge is 0.123 e. The Balaban J connectivity index is 2.81. The molecule has 2 N–H and O–H groups in total. The first kappa shape index (κ1) is 8.21. The van der Waals surface area contributed by atoms with E-state index in [1.54, 1.807) is 12.1 Å². The van der Waals surface area contributed by atoms with Crippen molar-refractivity contribution < 1.29 is 4.39 Å². The van der Waals surface area contributed by atoms with Crippen LogP contribution in [0.15, 0.2) is 24.3 Å². The number of nitrogens with two attached hydrogens (primary N) is 1. The Morgan fingerprint density at radius 3 is 2.36 bits per heavy atom. The van der Waals surface area contributed by atoms with Crippen LogP contribution in [0.25, 0.3) is 0 Å². The van der Waals surface area contributed by atoms with Gasteiger partial charge in [0.25, 0.3) is 0 Å². The van der Waals surface area contributed by atoms with Gasteiger partial charge in [0, 0.05) is 0 Å². The van der Waals surface area contributed by atoms with E-state index in [2.05, 4.69) is 0 Å². The van der Waals surface area contributed by atoms with E-state index < -0.39 is 0 Å². The van der Waals surface area contributed by atoms with Crippen molar-refractivity contribution in [1.82, 2.24) is 0 Å². The Kier molecular flexibility index (Phi) is 2.60. The molecule has 0 bridgehead atoms. The van der Waals surface area contributed by atoms with Crippen molar-refractivity contribution in [1.29, 1.82) is 0 Å². The standard InChI is InChI=1S/C9H12FN/c1-7(6-11)8-2-4-9(10)5-3-8/h2-5,7H,6,11H2,1H3/t7-/m1/s1. The van der Waals surface area contributed by atoms with Crippen LogP contribution in [-0.4, -0.2) is 6.54 Å². The molecule has 1 aromatic carbocycles. The molecule has 0 saturated heterocycles. The van der Waals surface area contributed by atoms with Gasteiger partial charge < -0.3 is 5.73 Å². The van der Waals surface area contributed by atoms with Gasteiger partial charge in [-0.1, -0.05) is 19.1 Å². The van der Waals surface area contributed by atoms with Gasteiger partial charge in [0.15, 0.2) is 0 Å². The number of hydrogen-bond acceptors (Lipinski definition) is 1. The quantitative estimate of drug-likeness (QED) is 0.689. The Bertz CT molecular complexity index is 218. The average Bonchev–Trinajstić information content (AvgIpc) is 2.05. The highest BCUT2D eigenvalue weighted by atomic mass is 19.1. The highest BCUT2D eigenvalue weighted by molar-refractivity contribution is 5.19. The van der Waals surface area contributed by atoms with Gasteiger partial charge in [0.2, 0.25) is 0 Å². The van der Waals surface area contributed by atoms with E-state index in [1.807, 2.05) is 6.92 Å². The highest BCUT2D eigenvalue weighted by Crippen LogP contribution is 2.13. The second-order valence-corrected chi connectivity index (χ2v) is 2.69. The maximum Gasteiger partial charge on any atom is 0.123 e. The number of rotatable bonds is 2. The van der Waals surface area contributed by atoms with Crippen LogP contribution in [-0.2, 0) is 0 Å². The third-order valence-corrected chi connectivity index (χ3v) is 1.79. The van der Waals surface area contributed by atoms with E-state index in [4.69, 9.17) is 5.73 Å². The molecule has 0 saturated carbocycles. The molecule has 1 rings (SSSR count). The molecule has 0 amide bonds. The van der Waals surface area contributed by atoms with Gasteiger partial charge in [0.05, 0.1) is 0 Å². The van der Waals surface area contributed by atoms with E-state index in [9.17, 15) is 4.39 Å². The molecule has 0 spiro atoms. The lowest BCUT2D eigenvalue weighted by atomic mass is 10.0. The molecule has 0 aliphatic rings. The lowest BCUT2D eigenvalue weighted by Gasteiger charge is -2.07. The van der Waals surface area contributed by atoms with E-state index in [0.717, 1.165) is 5.56 Å². The first-order valence-corrected chi connectivity index (χ1v) is 3.69. The van der Waals surface area contributed by atoms with Crippen LogP contribution in [0, 0.1) is 5.82 Å². The minimum atomic E-state index is -0.196. The summed E-state index contributed by atoms with van der Waals surface area (Å²) in [6.45, 7) is 2.62. The van der Waals surface area contributed by atoms with Gasteiger partial charge in [-0.2, -0.15) is 0 Å².